The minimum atomic E-state index is -3.61. The second kappa shape index (κ2) is 8.80. The summed E-state index contributed by atoms with van der Waals surface area (Å²) in [5, 5.41) is 4.81. The highest BCUT2D eigenvalue weighted by molar-refractivity contribution is 7.94. The number of carbonyl (C=O) groups excluding carboxylic acids is 1. The molecule has 2 aromatic carbocycles. The summed E-state index contributed by atoms with van der Waals surface area (Å²) >= 11 is 1.15. The highest BCUT2D eigenvalue weighted by atomic mass is 32.2. The maximum Gasteiger partial charge on any atom is 0.271 e. The van der Waals surface area contributed by atoms with Gasteiger partial charge in [0.2, 0.25) is 0 Å². The molecule has 3 aromatic rings. The second-order valence-corrected chi connectivity index (χ2v) is 10.0. The van der Waals surface area contributed by atoms with E-state index in [2.05, 4.69) is 23.9 Å². The van der Waals surface area contributed by atoms with Crippen LogP contribution in [0.15, 0.2) is 70.3 Å². The van der Waals surface area contributed by atoms with Gasteiger partial charge in [-0.05, 0) is 59.7 Å². The summed E-state index contributed by atoms with van der Waals surface area (Å²) in [4.78, 5) is 12.8. The first-order valence-electron chi connectivity index (χ1n) is 9.30. The Kier molecular flexibility index (Phi) is 6.39. The van der Waals surface area contributed by atoms with E-state index >= 15 is 0 Å². The largest absolute Gasteiger partial charge is 0.345 e. The van der Waals surface area contributed by atoms with Gasteiger partial charge in [-0.1, -0.05) is 44.2 Å². The third kappa shape index (κ3) is 5.05. The number of hydrogen-bond acceptors (Lipinski definition) is 4. The van der Waals surface area contributed by atoms with E-state index in [0.29, 0.717) is 11.3 Å². The van der Waals surface area contributed by atoms with Crippen molar-refractivity contribution in [3.8, 4) is 0 Å². The van der Waals surface area contributed by atoms with Gasteiger partial charge in [0, 0.05) is 11.3 Å². The zero-order chi connectivity index (χ0) is 21.0. The molecule has 0 bridgehead atoms. The van der Waals surface area contributed by atoms with Crippen molar-refractivity contribution in [3.05, 3.63) is 82.7 Å². The Labute approximate surface area is 175 Å². The van der Waals surface area contributed by atoms with Gasteiger partial charge in [0.15, 0.2) is 0 Å². The fraction of sp³-hybridized carbons (Fsp3) is 0.227. The summed E-state index contributed by atoms with van der Waals surface area (Å²) in [6, 6.07) is 17.6. The Morgan fingerprint density at radius 3 is 2.24 bits per heavy atom. The maximum atomic E-state index is 12.8. The van der Waals surface area contributed by atoms with Crippen LogP contribution in [-0.2, 0) is 10.0 Å². The molecule has 1 atom stereocenters. The lowest BCUT2D eigenvalue weighted by molar-refractivity contribution is 0.0925. The van der Waals surface area contributed by atoms with E-state index in [1.54, 1.807) is 41.8 Å². The van der Waals surface area contributed by atoms with Crippen molar-refractivity contribution in [2.24, 2.45) is 5.92 Å². The molecular formula is C22H24N2O3S2. The van der Waals surface area contributed by atoms with Crippen LogP contribution in [0.2, 0.25) is 0 Å². The molecule has 0 aliphatic rings. The average molecular weight is 429 g/mol. The van der Waals surface area contributed by atoms with Crippen LogP contribution in [0.4, 0.5) is 5.69 Å². The zero-order valence-corrected chi connectivity index (χ0v) is 18.2. The van der Waals surface area contributed by atoms with Crippen molar-refractivity contribution in [1.82, 2.24) is 5.32 Å². The standard InChI is InChI=1S/C22H24N2O3S2/c1-15(2)21(19-8-5-4-7-16(19)3)23-22(25)17-10-12-18(13-11-17)24-29(26,27)20-9-6-14-28-20/h4-15,21,24H,1-3H3,(H,23,25). The van der Waals surface area contributed by atoms with Gasteiger partial charge in [-0.15, -0.1) is 11.3 Å². The lowest BCUT2D eigenvalue weighted by atomic mass is 9.92. The Morgan fingerprint density at radius 2 is 1.66 bits per heavy atom. The fourth-order valence-corrected chi connectivity index (χ4v) is 5.13. The predicted molar refractivity (Wildman–Crippen MR) is 118 cm³/mol. The summed E-state index contributed by atoms with van der Waals surface area (Å²) in [6.07, 6.45) is 0. The third-order valence-corrected chi connectivity index (χ3v) is 7.41. The third-order valence-electron chi connectivity index (χ3n) is 4.64. The molecule has 1 aromatic heterocycles. The van der Waals surface area contributed by atoms with Crippen molar-refractivity contribution in [2.45, 2.75) is 31.0 Å². The Hall–Kier alpha value is -2.64. The number of thiophene rings is 1. The lowest BCUT2D eigenvalue weighted by Crippen LogP contribution is -2.32. The molecule has 3 rings (SSSR count). The fourth-order valence-electron chi connectivity index (χ4n) is 3.08. The van der Waals surface area contributed by atoms with Gasteiger partial charge in [0.25, 0.3) is 15.9 Å². The highest BCUT2D eigenvalue weighted by Gasteiger charge is 2.21. The number of anilines is 1. The molecule has 1 heterocycles. The molecule has 0 aliphatic heterocycles. The number of nitrogens with one attached hydrogen (secondary N) is 2. The topological polar surface area (TPSA) is 75.3 Å². The van der Waals surface area contributed by atoms with E-state index in [4.69, 9.17) is 0 Å². The van der Waals surface area contributed by atoms with E-state index in [1.807, 2.05) is 31.2 Å². The molecule has 1 amide bonds. The monoisotopic (exact) mass is 428 g/mol. The molecule has 7 heteroatoms. The first-order valence-corrected chi connectivity index (χ1v) is 11.7. The molecule has 152 valence electrons. The van der Waals surface area contributed by atoms with Gasteiger partial charge >= 0.3 is 0 Å². The summed E-state index contributed by atoms with van der Waals surface area (Å²) in [5.41, 5.74) is 3.11. The number of hydrogen-bond donors (Lipinski definition) is 2. The van der Waals surface area contributed by atoms with E-state index in [1.165, 1.54) is 0 Å². The maximum absolute atomic E-state index is 12.8. The van der Waals surface area contributed by atoms with Crippen molar-refractivity contribution in [1.29, 1.82) is 0 Å². The van der Waals surface area contributed by atoms with Crippen LogP contribution in [0.25, 0.3) is 0 Å². The molecule has 29 heavy (non-hydrogen) atoms. The van der Waals surface area contributed by atoms with E-state index in [0.717, 1.165) is 22.5 Å². The van der Waals surface area contributed by atoms with Crippen LogP contribution in [0.3, 0.4) is 0 Å². The molecule has 0 saturated heterocycles. The van der Waals surface area contributed by atoms with Crippen LogP contribution in [0, 0.1) is 12.8 Å². The number of rotatable bonds is 7. The van der Waals surface area contributed by atoms with Crippen molar-refractivity contribution in [2.75, 3.05) is 4.72 Å². The average Bonchev–Trinajstić information content (AvgIpc) is 3.22. The number of aryl methyl sites for hydroxylation is 1. The molecule has 5 nitrogen and oxygen atoms in total. The molecule has 0 saturated carbocycles. The number of benzene rings is 2. The smallest absolute Gasteiger partial charge is 0.271 e. The predicted octanol–water partition coefficient (Wildman–Crippen LogP) is 4.98. The molecule has 0 fully saturated rings. The van der Waals surface area contributed by atoms with Gasteiger partial charge in [-0.25, -0.2) is 8.42 Å². The van der Waals surface area contributed by atoms with Crippen LogP contribution in [0.5, 0.6) is 0 Å². The normalized spacial score (nSPS) is 12.6. The quantitative estimate of drug-likeness (QED) is 0.557. The van der Waals surface area contributed by atoms with E-state index < -0.39 is 10.0 Å². The Bertz CT molecular complexity index is 1070. The first-order chi connectivity index (χ1) is 13.8. The van der Waals surface area contributed by atoms with Gasteiger partial charge < -0.3 is 5.32 Å². The SMILES string of the molecule is Cc1ccccc1C(NC(=O)c1ccc(NS(=O)(=O)c2cccs2)cc1)C(C)C. The van der Waals surface area contributed by atoms with Crippen molar-refractivity contribution < 1.29 is 13.2 Å². The van der Waals surface area contributed by atoms with Gasteiger partial charge in [0.1, 0.15) is 4.21 Å². The second-order valence-electron chi connectivity index (χ2n) is 7.17. The van der Waals surface area contributed by atoms with Crippen LogP contribution >= 0.6 is 11.3 Å². The number of carbonyl (C=O) groups is 1. The summed E-state index contributed by atoms with van der Waals surface area (Å²) in [7, 11) is -3.61. The lowest BCUT2D eigenvalue weighted by Gasteiger charge is -2.24. The highest BCUT2D eigenvalue weighted by Crippen LogP contribution is 2.25. The summed E-state index contributed by atoms with van der Waals surface area (Å²) in [5.74, 6) is 0.0246. The van der Waals surface area contributed by atoms with E-state index in [9.17, 15) is 13.2 Å². The molecule has 1 unspecified atom stereocenters. The van der Waals surface area contributed by atoms with Crippen molar-refractivity contribution in [3.63, 3.8) is 0 Å². The zero-order valence-electron chi connectivity index (χ0n) is 16.5. The van der Waals surface area contributed by atoms with Gasteiger partial charge in [0.05, 0.1) is 6.04 Å². The molecule has 2 N–H and O–H groups in total. The number of amides is 1. The summed E-state index contributed by atoms with van der Waals surface area (Å²) < 4.78 is 27.4. The van der Waals surface area contributed by atoms with Gasteiger partial charge in [-0.3, -0.25) is 9.52 Å². The summed E-state index contributed by atoms with van der Waals surface area (Å²) in [6.45, 7) is 6.17. The number of sulfonamides is 1. The van der Waals surface area contributed by atoms with Crippen LogP contribution < -0.4 is 10.0 Å². The minimum Gasteiger partial charge on any atom is -0.345 e. The van der Waals surface area contributed by atoms with Crippen LogP contribution in [0.1, 0.15) is 41.4 Å². The minimum absolute atomic E-state index is 0.110. The van der Waals surface area contributed by atoms with Crippen LogP contribution in [-0.4, -0.2) is 14.3 Å². The van der Waals surface area contributed by atoms with E-state index in [-0.39, 0.29) is 22.1 Å². The Balaban J connectivity index is 1.74. The molecule has 0 radical (unpaired) electrons. The van der Waals surface area contributed by atoms with Gasteiger partial charge in [-0.2, -0.15) is 0 Å². The first kappa shape index (κ1) is 21.1. The van der Waals surface area contributed by atoms with Crippen molar-refractivity contribution >= 4 is 33.0 Å². The molecule has 0 spiro atoms. The Morgan fingerprint density at radius 1 is 0.966 bits per heavy atom. The molecule has 0 aliphatic carbocycles. The molecular weight excluding hydrogens is 404 g/mol.